The van der Waals surface area contributed by atoms with E-state index in [1.165, 1.54) is 0 Å². The topological polar surface area (TPSA) is 49.7 Å². The zero-order valence-electron chi connectivity index (χ0n) is 12.0. The molecule has 1 aliphatic rings. The molecule has 0 amide bonds. The smallest absolute Gasteiger partial charge is 0.192 e. The Kier molecular flexibility index (Phi) is 4.45. The van der Waals surface area contributed by atoms with Crippen LogP contribution in [0.4, 0.5) is 0 Å². The van der Waals surface area contributed by atoms with Gasteiger partial charge in [-0.15, -0.1) is 0 Å². The van der Waals surface area contributed by atoms with Gasteiger partial charge in [-0.1, -0.05) is 27.7 Å². The van der Waals surface area contributed by atoms with Crippen molar-refractivity contribution in [1.82, 2.24) is 0 Å². The second-order valence-corrected chi connectivity index (χ2v) is 11.7. The summed E-state index contributed by atoms with van der Waals surface area (Å²) in [6.45, 7) is 13.3. The highest BCUT2D eigenvalue weighted by Gasteiger charge is 2.46. The fourth-order valence-electron chi connectivity index (χ4n) is 2.22. The predicted octanol–water partition coefficient (Wildman–Crippen LogP) is 2.39. The van der Waals surface area contributed by atoms with Crippen LogP contribution in [-0.2, 0) is 4.43 Å². The largest absolute Gasteiger partial charge is 0.411 e. The number of aliphatic hydroxyl groups excluding tert-OH is 2. The lowest BCUT2D eigenvalue weighted by Gasteiger charge is -2.40. The molecule has 0 aromatic rings. The van der Waals surface area contributed by atoms with E-state index < -0.39 is 14.4 Å². The van der Waals surface area contributed by atoms with E-state index in [9.17, 15) is 10.2 Å². The Morgan fingerprint density at radius 2 is 1.82 bits per heavy atom. The molecule has 4 atom stereocenters. The van der Waals surface area contributed by atoms with Gasteiger partial charge in [-0.05, 0) is 36.4 Å². The number of hydrogen-bond acceptors (Lipinski definition) is 3. The van der Waals surface area contributed by atoms with Crippen molar-refractivity contribution in [3.05, 3.63) is 0 Å². The SMILES string of the molecule is C[C@@H]1[C@@H](CO)C[C@@H](O)[C@@H]1O[Si](C)(C)C(C)(C)C. The van der Waals surface area contributed by atoms with E-state index in [-0.39, 0.29) is 29.6 Å². The number of aliphatic hydroxyl groups is 2. The molecule has 0 aliphatic heterocycles. The Morgan fingerprint density at radius 1 is 1.29 bits per heavy atom. The van der Waals surface area contributed by atoms with E-state index in [0.29, 0.717) is 6.42 Å². The zero-order valence-corrected chi connectivity index (χ0v) is 13.0. The first kappa shape index (κ1) is 15.2. The molecule has 3 nitrogen and oxygen atoms in total. The van der Waals surface area contributed by atoms with Crippen molar-refractivity contribution in [2.75, 3.05) is 6.61 Å². The molecule has 0 unspecified atom stereocenters. The molecular formula is C13H28O3Si. The number of rotatable bonds is 3. The van der Waals surface area contributed by atoms with Gasteiger partial charge in [-0.2, -0.15) is 0 Å². The Balaban J connectivity index is 2.75. The molecule has 4 heteroatoms. The minimum Gasteiger partial charge on any atom is -0.411 e. The van der Waals surface area contributed by atoms with Crippen LogP contribution in [0.15, 0.2) is 0 Å². The van der Waals surface area contributed by atoms with Crippen molar-refractivity contribution in [2.24, 2.45) is 11.8 Å². The molecule has 0 bridgehead atoms. The first-order valence-corrected chi connectivity index (χ1v) is 9.47. The maximum Gasteiger partial charge on any atom is 0.192 e. The summed E-state index contributed by atoms with van der Waals surface area (Å²) in [6, 6.07) is 0. The maximum absolute atomic E-state index is 10.1. The molecular weight excluding hydrogens is 232 g/mol. The molecule has 1 rings (SSSR count). The van der Waals surface area contributed by atoms with Crippen LogP contribution in [-0.4, -0.2) is 37.3 Å². The summed E-state index contributed by atoms with van der Waals surface area (Å²) in [6.07, 6.45) is 0.140. The van der Waals surface area contributed by atoms with E-state index >= 15 is 0 Å². The average molecular weight is 260 g/mol. The average Bonchev–Trinajstić information content (AvgIpc) is 2.43. The molecule has 102 valence electrons. The van der Waals surface area contributed by atoms with E-state index in [0.717, 1.165) is 0 Å². The van der Waals surface area contributed by atoms with Crippen molar-refractivity contribution in [3.63, 3.8) is 0 Å². The standard InChI is InChI=1S/C13H28O3Si/c1-9-10(8-14)7-11(15)12(9)16-17(5,6)13(2,3)4/h9-12,14-15H,7-8H2,1-6H3/t9-,10-,11-,12-/m1/s1. The van der Waals surface area contributed by atoms with Crippen molar-refractivity contribution < 1.29 is 14.6 Å². The van der Waals surface area contributed by atoms with Gasteiger partial charge >= 0.3 is 0 Å². The van der Waals surface area contributed by atoms with Crippen molar-refractivity contribution in [1.29, 1.82) is 0 Å². The molecule has 0 spiro atoms. The summed E-state index contributed by atoms with van der Waals surface area (Å²) in [4.78, 5) is 0. The lowest BCUT2D eigenvalue weighted by atomic mass is 9.98. The van der Waals surface area contributed by atoms with E-state index in [4.69, 9.17) is 4.43 Å². The van der Waals surface area contributed by atoms with Gasteiger partial charge < -0.3 is 14.6 Å². The fourth-order valence-corrected chi connectivity index (χ4v) is 3.63. The van der Waals surface area contributed by atoms with E-state index in [1.54, 1.807) is 0 Å². The minimum absolute atomic E-state index is 0.104. The van der Waals surface area contributed by atoms with Gasteiger partial charge in [0.05, 0.1) is 12.2 Å². The van der Waals surface area contributed by atoms with Gasteiger partial charge in [-0.25, -0.2) is 0 Å². The van der Waals surface area contributed by atoms with Gasteiger partial charge in [0.25, 0.3) is 0 Å². The molecule has 1 aliphatic carbocycles. The molecule has 0 saturated heterocycles. The predicted molar refractivity (Wildman–Crippen MR) is 72.4 cm³/mol. The Bertz CT molecular complexity index is 260. The normalized spacial score (nSPS) is 35.3. The highest BCUT2D eigenvalue weighted by atomic mass is 28.4. The monoisotopic (exact) mass is 260 g/mol. The Hall–Kier alpha value is 0.0969. The van der Waals surface area contributed by atoms with Crippen LogP contribution in [0.1, 0.15) is 34.1 Å². The summed E-state index contributed by atoms with van der Waals surface area (Å²) in [5, 5.41) is 19.5. The Morgan fingerprint density at radius 3 is 2.18 bits per heavy atom. The van der Waals surface area contributed by atoms with Crippen molar-refractivity contribution >= 4 is 8.32 Å². The molecule has 0 heterocycles. The molecule has 1 fully saturated rings. The lowest BCUT2D eigenvalue weighted by Crippen LogP contribution is -2.47. The van der Waals surface area contributed by atoms with Crippen LogP contribution >= 0.6 is 0 Å². The zero-order chi connectivity index (χ0) is 13.4. The van der Waals surface area contributed by atoms with E-state index in [1.807, 2.05) is 0 Å². The van der Waals surface area contributed by atoms with Crippen molar-refractivity contribution in [2.45, 2.75) is 64.5 Å². The van der Waals surface area contributed by atoms with Crippen LogP contribution < -0.4 is 0 Å². The summed E-state index contributed by atoms with van der Waals surface area (Å²) >= 11 is 0. The first-order chi connectivity index (χ1) is 7.60. The van der Waals surface area contributed by atoms with Gasteiger partial charge in [0.2, 0.25) is 0 Å². The molecule has 17 heavy (non-hydrogen) atoms. The third kappa shape index (κ3) is 3.11. The van der Waals surface area contributed by atoms with Gasteiger partial charge in [0.15, 0.2) is 8.32 Å². The lowest BCUT2D eigenvalue weighted by molar-refractivity contribution is 0.0309. The van der Waals surface area contributed by atoms with Crippen LogP contribution in [0.25, 0.3) is 0 Å². The quantitative estimate of drug-likeness (QED) is 0.766. The fraction of sp³-hybridized carbons (Fsp3) is 1.00. The van der Waals surface area contributed by atoms with Crippen LogP contribution in [0.5, 0.6) is 0 Å². The minimum atomic E-state index is -1.84. The molecule has 0 aromatic heterocycles. The highest BCUT2D eigenvalue weighted by Crippen LogP contribution is 2.42. The number of hydrogen-bond donors (Lipinski definition) is 2. The summed E-state index contributed by atoms with van der Waals surface area (Å²) in [7, 11) is -1.84. The van der Waals surface area contributed by atoms with Crippen molar-refractivity contribution in [3.8, 4) is 0 Å². The molecule has 0 aromatic carbocycles. The first-order valence-electron chi connectivity index (χ1n) is 6.57. The molecule has 0 radical (unpaired) electrons. The van der Waals surface area contributed by atoms with Crippen LogP contribution in [0.2, 0.25) is 18.1 Å². The third-order valence-corrected chi connectivity index (χ3v) is 9.13. The molecule has 1 saturated carbocycles. The second kappa shape index (κ2) is 5.00. The summed E-state index contributed by atoms with van der Waals surface area (Å²) in [5.41, 5.74) is 0. The van der Waals surface area contributed by atoms with Crippen LogP contribution in [0, 0.1) is 11.8 Å². The molecule has 2 N–H and O–H groups in total. The Labute approximate surface area is 106 Å². The van der Waals surface area contributed by atoms with Gasteiger partial charge in [0.1, 0.15) is 0 Å². The van der Waals surface area contributed by atoms with Gasteiger partial charge in [-0.3, -0.25) is 0 Å². The summed E-state index contributed by atoms with van der Waals surface area (Å²) in [5.74, 6) is 0.420. The summed E-state index contributed by atoms with van der Waals surface area (Å²) < 4.78 is 6.30. The third-order valence-electron chi connectivity index (χ3n) is 4.66. The second-order valence-electron chi connectivity index (χ2n) is 6.95. The maximum atomic E-state index is 10.1. The van der Waals surface area contributed by atoms with E-state index in [2.05, 4.69) is 40.8 Å². The van der Waals surface area contributed by atoms with Crippen LogP contribution in [0.3, 0.4) is 0 Å². The highest BCUT2D eigenvalue weighted by molar-refractivity contribution is 6.74. The van der Waals surface area contributed by atoms with Gasteiger partial charge in [0, 0.05) is 6.61 Å².